The number of rotatable bonds is 4. The zero-order chi connectivity index (χ0) is 13.1. The Hall–Kier alpha value is -2.17. The van der Waals surface area contributed by atoms with Crippen molar-refractivity contribution in [2.75, 3.05) is 12.4 Å². The summed E-state index contributed by atoms with van der Waals surface area (Å²) in [6.07, 6.45) is 0. The highest BCUT2D eigenvalue weighted by Gasteiger charge is 2.05. The summed E-state index contributed by atoms with van der Waals surface area (Å²) < 4.78 is 6.93. The Balaban J connectivity index is 2.10. The molecule has 5 heteroatoms. The van der Waals surface area contributed by atoms with E-state index in [1.165, 1.54) is 0 Å². The SMILES string of the molecule is COc1ccc(O)c(CNc2cc(C)n(C)n2)c1. The molecule has 5 nitrogen and oxygen atoms in total. The second-order valence-corrected chi connectivity index (χ2v) is 4.14. The molecule has 2 aromatic rings. The number of aromatic nitrogens is 2. The van der Waals surface area contributed by atoms with Crippen LogP contribution < -0.4 is 10.1 Å². The van der Waals surface area contributed by atoms with E-state index < -0.39 is 0 Å². The average Bonchev–Trinajstić information content (AvgIpc) is 2.68. The van der Waals surface area contributed by atoms with Gasteiger partial charge in [0.25, 0.3) is 0 Å². The first-order chi connectivity index (χ1) is 8.60. The van der Waals surface area contributed by atoms with E-state index in [-0.39, 0.29) is 5.75 Å². The van der Waals surface area contributed by atoms with Crippen LogP contribution in [0.3, 0.4) is 0 Å². The first-order valence-corrected chi connectivity index (χ1v) is 5.70. The lowest BCUT2D eigenvalue weighted by Gasteiger charge is -2.07. The predicted octanol–water partition coefficient (Wildman–Crippen LogP) is 2.05. The number of hydrogen-bond acceptors (Lipinski definition) is 4. The van der Waals surface area contributed by atoms with Crippen molar-refractivity contribution in [1.82, 2.24) is 9.78 Å². The highest BCUT2D eigenvalue weighted by atomic mass is 16.5. The van der Waals surface area contributed by atoms with Gasteiger partial charge >= 0.3 is 0 Å². The number of ether oxygens (including phenoxy) is 1. The fourth-order valence-electron chi connectivity index (χ4n) is 1.66. The maximum absolute atomic E-state index is 9.75. The topological polar surface area (TPSA) is 59.3 Å². The maximum atomic E-state index is 9.75. The summed E-state index contributed by atoms with van der Waals surface area (Å²) in [6.45, 7) is 2.49. The molecule has 18 heavy (non-hydrogen) atoms. The second kappa shape index (κ2) is 5.00. The van der Waals surface area contributed by atoms with E-state index in [9.17, 15) is 5.11 Å². The molecule has 0 aliphatic rings. The van der Waals surface area contributed by atoms with Gasteiger partial charge in [-0.15, -0.1) is 0 Å². The van der Waals surface area contributed by atoms with E-state index in [4.69, 9.17) is 4.74 Å². The van der Waals surface area contributed by atoms with E-state index in [1.807, 2.05) is 20.0 Å². The molecule has 96 valence electrons. The van der Waals surface area contributed by atoms with E-state index in [0.717, 1.165) is 22.8 Å². The molecular weight excluding hydrogens is 230 g/mol. The van der Waals surface area contributed by atoms with Gasteiger partial charge < -0.3 is 15.2 Å². The summed E-state index contributed by atoms with van der Waals surface area (Å²) in [4.78, 5) is 0. The minimum Gasteiger partial charge on any atom is -0.508 e. The summed E-state index contributed by atoms with van der Waals surface area (Å²) >= 11 is 0. The zero-order valence-electron chi connectivity index (χ0n) is 10.8. The number of nitrogens with one attached hydrogen (secondary N) is 1. The van der Waals surface area contributed by atoms with Crippen LogP contribution in [0.1, 0.15) is 11.3 Å². The van der Waals surface area contributed by atoms with Crippen molar-refractivity contribution in [3.63, 3.8) is 0 Å². The Bertz CT molecular complexity index is 530. The largest absolute Gasteiger partial charge is 0.508 e. The van der Waals surface area contributed by atoms with Gasteiger partial charge in [0.2, 0.25) is 0 Å². The lowest BCUT2D eigenvalue weighted by atomic mass is 10.2. The van der Waals surface area contributed by atoms with Gasteiger partial charge in [-0.3, -0.25) is 4.68 Å². The van der Waals surface area contributed by atoms with Gasteiger partial charge in [-0.1, -0.05) is 0 Å². The summed E-state index contributed by atoms with van der Waals surface area (Å²) in [5, 5.41) is 17.2. The minimum absolute atomic E-state index is 0.246. The molecule has 0 aliphatic carbocycles. The van der Waals surface area contributed by atoms with Crippen molar-refractivity contribution in [1.29, 1.82) is 0 Å². The van der Waals surface area contributed by atoms with Crippen LogP contribution >= 0.6 is 0 Å². The van der Waals surface area contributed by atoms with Gasteiger partial charge in [-0.2, -0.15) is 5.10 Å². The Morgan fingerprint density at radius 3 is 2.78 bits per heavy atom. The number of nitrogens with zero attached hydrogens (tertiary/aromatic N) is 2. The smallest absolute Gasteiger partial charge is 0.148 e. The summed E-state index contributed by atoms with van der Waals surface area (Å²) in [7, 11) is 3.50. The number of aryl methyl sites for hydroxylation is 2. The molecule has 0 atom stereocenters. The number of aromatic hydroxyl groups is 1. The summed E-state index contributed by atoms with van der Waals surface area (Å²) in [6, 6.07) is 7.11. The molecular formula is C13H17N3O2. The predicted molar refractivity (Wildman–Crippen MR) is 69.9 cm³/mol. The first kappa shape index (κ1) is 12.3. The van der Waals surface area contributed by atoms with Crippen LogP contribution in [-0.4, -0.2) is 22.0 Å². The molecule has 0 aliphatic heterocycles. The van der Waals surface area contributed by atoms with Gasteiger partial charge in [0.15, 0.2) is 0 Å². The Labute approximate surface area is 106 Å². The highest BCUT2D eigenvalue weighted by molar-refractivity contribution is 5.43. The molecule has 0 spiro atoms. The van der Waals surface area contributed by atoms with Crippen molar-refractivity contribution in [2.24, 2.45) is 7.05 Å². The molecule has 0 saturated heterocycles. The molecule has 0 saturated carbocycles. The maximum Gasteiger partial charge on any atom is 0.148 e. The Kier molecular flexibility index (Phi) is 3.41. The summed E-state index contributed by atoms with van der Waals surface area (Å²) in [5.74, 6) is 1.76. The highest BCUT2D eigenvalue weighted by Crippen LogP contribution is 2.23. The van der Waals surface area contributed by atoms with Crippen LogP contribution in [-0.2, 0) is 13.6 Å². The quantitative estimate of drug-likeness (QED) is 0.868. The van der Waals surface area contributed by atoms with Crippen LogP contribution in [0, 0.1) is 6.92 Å². The van der Waals surface area contributed by atoms with E-state index in [2.05, 4.69) is 10.4 Å². The van der Waals surface area contributed by atoms with Crippen LogP contribution in [0.15, 0.2) is 24.3 Å². The van der Waals surface area contributed by atoms with E-state index in [1.54, 1.807) is 30.0 Å². The number of hydrogen-bond donors (Lipinski definition) is 2. The fraction of sp³-hybridized carbons (Fsp3) is 0.308. The Morgan fingerprint density at radius 1 is 1.39 bits per heavy atom. The van der Waals surface area contributed by atoms with Gasteiger partial charge in [0.1, 0.15) is 17.3 Å². The van der Waals surface area contributed by atoms with Crippen molar-refractivity contribution in [3.8, 4) is 11.5 Å². The molecule has 1 heterocycles. The molecule has 2 N–H and O–H groups in total. The number of anilines is 1. The third-order valence-electron chi connectivity index (χ3n) is 2.86. The van der Waals surface area contributed by atoms with Crippen LogP contribution in [0.4, 0.5) is 5.82 Å². The number of methoxy groups -OCH3 is 1. The first-order valence-electron chi connectivity index (χ1n) is 5.70. The van der Waals surface area contributed by atoms with Crippen molar-refractivity contribution < 1.29 is 9.84 Å². The minimum atomic E-state index is 0.246. The van der Waals surface area contributed by atoms with Crippen LogP contribution in [0.5, 0.6) is 11.5 Å². The fourth-order valence-corrected chi connectivity index (χ4v) is 1.66. The van der Waals surface area contributed by atoms with Gasteiger partial charge in [0, 0.05) is 30.9 Å². The van der Waals surface area contributed by atoms with Gasteiger partial charge in [-0.25, -0.2) is 0 Å². The molecule has 0 radical (unpaired) electrons. The molecule has 2 rings (SSSR count). The number of phenolic OH excluding ortho intramolecular Hbond substituents is 1. The number of benzene rings is 1. The van der Waals surface area contributed by atoms with Crippen molar-refractivity contribution in [2.45, 2.75) is 13.5 Å². The molecule has 1 aromatic heterocycles. The standard InChI is InChI=1S/C13H17N3O2/c1-9-6-13(15-16(9)2)14-8-10-7-11(18-3)4-5-12(10)17/h4-7,17H,8H2,1-3H3,(H,14,15). The lowest BCUT2D eigenvalue weighted by molar-refractivity contribution is 0.411. The van der Waals surface area contributed by atoms with E-state index in [0.29, 0.717) is 6.54 Å². The molecule has 0 unspecified atom stereocenters. The van der Waals surface area contributed by atoms with E-state index >= 15 is 0 Å². The van der Waals surface area contributed by atoms with Crippen LogP contribution in [0.25, 0.3) is 0 Å². The van der Waals surface area contributed by atoms with Crippen LogP contribution in [0.2, 0.25) is 0 Å². The average molecular weight is 247 g/mol. The van der Waals surface area contributed by atoms with Gasteiger partial charge in [-0.05, 0) is 25.1 Å². The zero-order valence-corrected chi connectivity index (χ0v) is 10.8. The third kappa shape index (κ3) is 2.56. The number of phenols is 1. The summed E-state index contributed by atoms with van der Waals surface area (Å²) in [5.41, 5.74) is 1.85. The third-order valence-corrected chi connectivity index (χ3v) is 2.86. The second-order valence-electron chi connectivity index (χ2n) is 4.14. The lowest BCUT2D eigenvalue weighted by Crippen LogP contribution is -2.01. The normalized spacial score (nSPS) is 10.4. The van der Waals surface area contributed by atoms with Gasteiger partial charge in [0.05, 0.1) is 7.11 Å². The monoisotopic (exact) mass is 247 g/mol. The Morgan fingerprint density at radius 2 is 2.17 bits per heavy atom. The molecule has 0 bridgehead atoms. The molecule has 0 amide bonds. The molecule has 1 aromatic carbocycles. The van der Waals surface area contributed by atoms with Crippen molar-refractivity contribution >= 4 is 5.82 Å². The molecule has 0 fully saturated rings. The van der Waals surface area contributed by atoms with Crippen molar-refractivity contribution in [3.05, 3.63) is 35.5 Å².